The number of fused-ring (bicyclic) bond motifs is 2. The molecule has 4 rings (SSSR count). The number of nitrogens with one attached hydrogen (secondary N) is 1. The SMILES string of the molecule is C=C(NC(C)=O)c1ccc(N2c3ccccc3C(C)(C)c3ccccc32)cc1. The van der Waals surface area contributed by atoms with Crippen molar-refractivity contribution in [2.45, 2.75) is 26.2 Å². The van der Waals surface area contributed by atoms with E-state index in [1.54, 1.807) is 0 Å². The van der Waals surface area contributed by atoms with Gasteiger partial charge in [-0.05, 0) is 41.0 Å². The van der Waals surface area contributed by atoms with Crippen molar-refractivity contribution < 1.29 is 4.79 Å². The second-order valence-electron chi connectivity index (χ2n) is 7.70. The van der Waals surface area contributed by atoms with Crippen LogP contribution in [0.1, 0.15) is 37.5 Å². The van der Waals surface area contributed by atoms with Gasteiger partial charge in [0, 0.05) is 23.7 Å². The van der Waals surface area contributed by atoms with Crippen molar-refractivity contribution in [2.24, 2.45) is 0 Å². The molecule has 3 heteroatoms. The highest BCUT2D eigenvalue weighted by Gasteiger charge is 2.36. The van der Waals surface area contributed by atoms with Crippen LogP contribution in [0.2, 0.25) is 0 Å². The van der Waals surface area contributed by atoms with Gasteiger partial charge < -0.3 is 10.2 Å². The zero-order valence-corrected chi connectivity index (χ0v) is 16.5. The van der Waals surface area contributed by atoms with Crippen LogP contribution in [0.4, 0.5) is 17.1 Å². The highest BCUT2D eigenvalue weighted by atomic mass is 16.1. The molecule has 3 aromatic carbocycles. The summed E-state index contributed by atoms with van der Waals surface area (Å²) in [7, 11) is 0. The van der Waals surface area contributed by atoms with Crippen LogP contribution in [0.25, 0.3) is 5.70 Å². The molecule has 0 bridgehead atoms. The third-order valence-corrected chi connectivity index (χ3v) is 5.44. The van der Waals surface area contributed by atoms with E-state index in [1.807, 2.05) is 12.1 Å². The van der Waals surface area contributed by atoms with Gasteiger partial charge in [-0.15, -0.1) is 0 Å². The molecule has 0 aliphatic carbocycles. The lowest BCUT2D eigenvalue weighted by atomic mass is 9.73. The van der Waals surface area contributed by atoms with E-state index in [1.165, 1.54) is 29.4 Å². The first-order chi connectivity index (χ1) is 13.4. The molecule has 1 amide bonds. The fourth-order valence-electron chi connectivity index (χ4n) is 4.04. The lowest BCUT2D eigenvalue weighted by Gasteiger charge is -2.42. The van der Waals surface area contributed by atoms with Gasteiger partial charge in [-0.3, -0.25) is 4.79 Å². The van der Waals surface area contributed by atoms with Crippen LogP contribution in [-0.2, 0) is 10.2 Å². The topological polar surface area (TPSA) is 32.3 Å². The normalized spacial score (nSPS) is 14.0. The van der Waals surface area contributed by atoms with Crippen LogP contribution >= 0.6 is 0 Å². The van der Waals surface area contributed by atoms with Crippen LogP contribution in [0, 0.1) is 0 Å². The van der Waals surface area contributed by atoms with Crippen LogP contribution < -0.4 is 10.2 Å². The second-order valence-corrected chi connectivity index (χ2v) is 7.70. The maximum absolute atomic E-state index is 11.3. The molecule has 1 N–H and O–H groups in total. The molecule has 0 aromatic heterocycles. The van der Waals surface area contributed by atoms with E-state index >= 15 is 0 Å². The van der Waals surface area contributed by atoms with E-state index in [9.17, 15) is 4.79 Å². The maximum Gasteiger partial charge on any atom is 0.221 e. The van der Waals surface area contributed by atoms with E-state index < -0.39 is 0 Å². The summed E-state index contributed by atoms with van der Waals surface area (Å²) in [6.07, 6.45) is 0. The van der Waals surface area contributed by atoms with Gasteiger partial charge in [-0.25, -0.2) is 0 Å². The Morgan fingerprint density at radius 1 is 0.857 bits per heavy atom. The minimum absolute atomic E-state index is 0.0662. The summed E-state index contributed by atoms with van der Waals surface area (Å²) in [5, 5.41) is 2.75. The third kappa shape index (κ3) is 2.89. The first-order valence-electron chi connectivity index (χ1n) is 9.45. The molecule has 0 saturated carbocycles. The molecule has 0 saturated heterocycles. The Hall–Kier alpha value is -3.33. The molecule has 0 unspecified atom stereocenters. The molecular formula is C25H24N2O. The van der Waals surface area contributed by atoms with E-state index in [0.717, 1.165) is 11.3 Å². The number of carbonyl (C=O) groups excluding carboxylic acids is 1. The van der Waals surface area contributed by atoms with Crippen molar-refractivity contribution in [1.82, 2.24) is 5.32 Å². The Bertz CT molecular complexity index is 1010. The number of carbonyl (C=O) groups is 1. The zero-order valence-electron chi connectivity index (χ0n) is 16.5. The Morgan fingerprint density at radius 3 is 1.86 bits per heavy atom. The fraction of sp³-hybridized carbons (Fsp3) is 0.160. The standard InChI is InChI=1S/C25H24N2O/c1-17(26-18(2)28)19-13-15-20(16-14-19)27-23-11-7-5-9-21(23)25(3,4)22-10-6-8-12-24(22)27/h5-16H,1H2,2-4H3,(H,26,28). The van der Waals surface area contributed by atoms with E-state index in [-0.39, 0.29) is 11.3 Å². The third-order valence-electron chi connectivity index (χ3n) is 5.44. The first kappa shape index (κ1) is 18.1. The van der Waals surface area contributed by atoms with Crippen LogP contribution in [0.3, 0.4) is 0 Å². The van der Waals surface area contributed by atoms with Gasteiger partial charge in [-0.2, -0.15) is 0 Å². The quantitative estimate of drug-likeness (QED) is 0.624. The Labute approximate surface area is 166 Å². The summed E-state index contributed by atoms with van der Waals surface area (Å²) in [5.41, 5.74) is 7.52. The Kier molecular flexibility index (Phi) is 4.31. The second kappa shape index (κ2) is 6.68. The molecule has 1 aliphatic rings. The predicted molar refractivity (Wildman–Crippen MR) is 116 cm³/mol. The predicted octanol–water partition coefficient (Wildman–Crippen LogP) is 5.90. The molecule has 0 atom stereocenters. The monoisotopic (exact) mass is 368 g/mol. The highest BCUT2D eigenvalue weighted by molar-refractivity contribution is 5.87. The van der Waals surface area contributed by atoms with E-state index in [4.69, 9.17) is 0 Å². The lowest BCUT2D eigenvalue weighted by Crippen LogP contribution is -2.30. The molecule has 0 fully saturated rings. The Balaban J connectivity index is 1.83. The summed E-state index contributed by atoms with van der Waals surface area (Å²) in [6.45, 7) is 10.0. The zero-order chi connectivity index (χ0) is 19.9. The van der Waals surface area contributed by atoms with Gasteiger partial charge in [0.1, 0.15) is 0 Å². The van der Waals surface area contributed by atoms with E-state index in [0.29, 0.717) is 5.70 Å². The number of anilines is 3. The largest absolute Gasteiger partial charge is 0.326 e. The van der Waals surface area contributed by atoms with E-state index in [2.05, 4.69) is 91.3 Å². The number of benzene rings is 3. The number of nitrogens with zero attached hydrogens (tertiary/aromatic N) is 1. The highest BCUT2D eigenvalue weighted by Crippen LogP contribution is 2.51. The summed E-state index contributed by atoms with van der Waals surface area (Å²) in [4.78, 5) is 13.6. The van der Waals surface area contributed by atoms with Crippen molar-refractivity contribution in [3.63, 3.8) is 0 Å². The van der Waals surface area contributed by atoms with Gasteiger partial charge >= 0.3 is 0 Å². The van der Waals surface area contributed by atoms with Crippen LogP contribution in [0.5, 0.6) is 0 Å². The van der Waals surface area contributed by atoms with Crippen molar-refractivity contribution in [1.29, 1.82) is 0 Å². The molecule has 0 radical (unpaired) electrons. The molecule has 3 aromatic rings. The van der Waals surface area contributed by atoms with Crippen LogP contribution in [0.15, 0.2) is 79.4 Å². The number of para-hydroxylation sites is 2. The van der Waals surface area contributed by atoms with Crippen LogP contribution in [-0.4, -0.2) is 5.91 Å². The smallest absolute Gasteiger partial charge is 0.221 e. The fourth-order valence-corrected chi connectivity index (χ4v) is 4.04. The first-order valence-corrected chi connectivity index (χ1v) is 9.45. The average Bonchev–Trinajstić information content (AvgIpc) is 2.68. The average molecular weight is 368 g/mol. The summed E-state index contributed by atoms with van der Waals surface area (Å²) in [5.74, 6) is -0.116. The molecule has 28 heavy (non-hydrogen) atoms. The maximum atomic E-state index is 11.3. The van der Waals surface area contributed by atoms with Gasteiger partial charge in [-0.1, -0.05) is 69.0 Å². The summed E-state index contributed by atoms with van der Waals surface area (Å²) < 4.78 is 0. The van der Waals surface area contributed by atoms with Gasteiger partial charge in [0.2, 0.25) is 5.91 Å². The number of hydrogen-bond acceptors (Lipinski definition) is 2. The summed E-state index contributed by atoms with van der Waals surface area (Å²) in [6, 6.07) is 25.3. The van der Waals surface area contributed by atoms with Crippen molar-refractivity contribution in [3.05, 3.63) is 96.1 Å². The molecule has 1 heterocycles. The molecule has 0 spiro atoms. The number of hydrogen-bond donors (Lipinski definition) is 1. The molecule has 140 valence electrons. The minimum Gasteiger partial charge on any atom is -0.326 e. The summed E-state index contributed by atoms with van der Waals surface area (Å²) >= 11 is 0. The number of amides is 1. The molecular weight excluding hydrogens is 344 g/mol. The number of rotatable bonds is 3. The van der Waals surface area contributed by atoms with Crippen molar-refractivity contribution in [3.8, 4) is 0 Å². The Morgan fingerprint density at radius 2 is 1.36 bits per heavy atom. The molecule has 1 aliphatic heterocycles. The van der Waals surface area contributed by atoms with Gasteiger partial charge in [0.25, 0.3) is 0 Å². The lowest BCUT2D eigenvalue weighted by molar-refractivity contribution is -0.117. The minimum atomic E-state index is -0.116. The molecule has 3 nitrogen and oxygen atoms in total. The van der Waals surface area contributed by atoms with Crippen molar-refractivity contribution in [2.75, 3.05) is 4.90 Å². The van der Waals surface area contributed by atoms with Crippen molar-refractivity contribution >= 4 is 28.7 Å². The van der Waals surface area contributed by atoms with Gasteiger partial charge in [0.05, 0.1) is 11.4 Å². The van der Waals surface area contributed by atoms with Gasteiger partial charge in [0.15, 0.2) is 0 Å².